The van der Waals surface area contributed by atoms with Crippen molar-refractivity contribution in [2.45, 2.75) is 13.8 Å². The molecule has 0 spiro atoms. The molecule has 2 rings (SSSR count). The molecule has 0 aliphatic heterocycles. The molecule has 7 heteroatoms. The second-order valence-electron chi connectivity index (χ2n) is 5.86. The van der Waals surface area contributed by atoms with E-state index in [1.807, 2.05) is 32.0 Å². The Morgan fingerprint density at radius 3 is 2.38 bits per heavy atom. The Morgan fingerprint density at radius 2 is 1.77 bits per heavy atom. The molecule has 0 radical (unpaired) electrons. The van der Waals surface area contributed by atoms with E-state index in [4.69, 9.17) is 4.74 Å². The summed E-state index contributed by atoms with van der Waals surface area (Å²) in [6.07, 6.45) is 1.46. The zero-order valence-corrected chi connectivity index (χ0v) is 15.0. The summed E-state index contributed by atoms with van der Waals surface area (Å²) in [5, 5.41) is 2.80. The first-order valence-electron chi connectivity index (χ1n) is 8.06. The molecule has 2 aromatic rings. The van der Waals surface area contributed by atoms with Crippen LogP contribution in [0.2, 0.25) is 0 Å². The van der Waals surface area contributed by atoms with Gasteiger partial charge in [0.25, 0.3) is 5.91 Å². The van der Waals surface area contributed by atoms with Crippen LogP contribution in [0.1, 0.15) is 21.6 Å². The van der Waals surface area contributed by atoms with Crippen LogP contribution >= 0.6 is 0 Å². The van der Waals surface area contributed by atoms with Crippen molar-refractivity contribution in [3.05, 3.63) is 59.4 Å². The lowest BCUT2D eigenvalue weighted by molar-refractivity contribution is -0.136. The number of aryl methyl sites for hydroxylation is 2. The van der Waals surface area contributed by atoms with E-state index in [-0.39, 0.29) is 18.1 Å². The fourth-order valence-corrected chi connectivity index (χ4v) is 2.29. The topological polar surface area (TPSA) is 88.6 Å². The number of carbonyl (C=O) groups is 3. The predicted octanol–water partition coefficient (Wildman–Crippen LogP) is 1.95. The maximum atomic E-state index is 12.2. The van der Waals surface area contributed by atoms with Crippen molar-refractivity contribution >= 4 is 23.5 Å². The van der Waals surface area contributed by atoms with Crippen molar-refractivity contribution in [2.24, 2.45) is 0 Å². The number of nitrogens with zero attached hydrogens (tertiary/aromatic N) is 2. The zero-order valence-electron chi connectivity index (χ0n) is 15.0. The molecular weight excluding hydrogens is 334 g/mol. The molecule has 0 bridgehead atoms. The molecule has 7 nitrogen and oxygen atoms in total. The van der Waals surface area contributed by atoms with E-state index in [1.54, 1.807) is 12.1 Å². The van der Waals surface area contributed by atoms with Crippen molar-refractivity contribution in [1.82, 2.24) is 9.88 Å². The Bertz CT molecular complexity index is 785. The molecule has 0 saturated carbocycles. The lowest BCUT2D eigenvalue weighted by atomic mass is 10.1. The van der Waals surface area contributed by atoms with Gasteiger partial charge in [-0.2, -0.15) is 0 Å². The molecule has 1 aromatic carbocycles. The quantitative estimate of drug-likeness (QED) is 0.800. The number of ether oxygens (including phenoxy) is 1. The van der Waals surface area contributed by atoms with Crippen molar-refractivity contribution in [1.29, 1.82) is 0 Å². The van der Waals surface area contributed by atoms with Gasteiger partial charge in [0, 0.05) is 18.9 Å². The normalized spacial score (nSPS) is 10.1. The number of rotatable bonds is 6. The molecule has 0 fully saturated rings. The maximum absolute atomic E-state index is 12.2. The maximum Gasteiger partial charge on any atom is 0.357 e. The summed E-state index contributed by atoms with van der Waals surface area (Å²) in [4.78, 5) is 41.0. The molecule has 0 atom stereocenters. The van der Waals surface area contributed by atoms with Gasteiger partial charge in [-0.15, -0.1) is 0 Å². The highest BCUT2D eigenvalue weighted by atomic mass is 16.5. The van der Waals surface area contributed by atoms with E-state index in [0.717, 1.165) is 16.8 Å². The number of para-hydroxylation sites is 1. The Kier molecular flexibility index (Phi) is 6.43. The summed E-state index contributed by atoms with van der Waals surface area (Å²) >= 11 is 0. The molecule has 1 aromatic heterocycles. The van der Waals surface area contributed by atoms with E-state index in [0.29, 0.717) is 0 Å². The number of anilines is 1. The highest BCUT2D eigenvalue weighted by molar-refractivity contribution is 5.96. The van der Waals surface area contributed by atoms with Crippen LogP contribution in [0.15, 0.2) is 42.6 Å². The molecule has 26 heavy (non-hydrogen) atoms. The number of esters is 1. The summed E-state index contributed by atoms with van der Waals surface area (Å²) in [6, 6.07) is 10.5. The number of nitrogens with one attached hydrogen (secondary N) is 1. The van der Waals surface area contributed by atoms with Crippen LogP contribution in [0, 0.1) is 13.8 Å². The van der Waals surface area contributed by atoms with Crippen molar-refractivity contribution in [2.75, 3.05) is 25.5 Å². The number of hydrogen-bond donors (Lipinski definition) is 1. The second-order valence-corrected chi connectivity index (χ2v) is 5.86. The van der Waals surface area contributed by atoms with Crippen LogP contribution in [0.4, 0.5) is 5.69 Å². The molecule has 0 saturated heterocycles. The Balaban J connectivity index is 1.84. The molecule has 2 amide bonds. The summed E-state index contributed by atoms with van der Waals surface area (Å²) in [7, 11) is 1.47. The van der Waals surface area contributed by atoms with Crippen LogP contribution in [0.5, 0.6) is 0 Å². The summed E-state index contributed by atoms with van der Waals surface area (Å²) in [6.45, 7) is 3.19. The fourth-order valence-electron chi connectivity index (χ4n) is 2.29. The third-order valence-corrected chi connectivity index (χ3v) is 3.75. The average Bonchev–Trinajstić information content (AvgIpc) is 2.63. The Morgan fingerprint density at radius 1 is 1.08 bits per heavy atom. The molecule has 0 unspecified atom stereocenters. The third kappa shape index (κ3) is 5.14. The SMILES string of the molecule is Cc1cccc(C)c1NC(=O)CN(C)C(=O)COC(=O)c1ccccn1. The number of pyridine rings is 1. The predicted molar refractivity (Wildman–Crippen MR) is 96.7 cm³/mol. The molecule has 1 N–H and O–H groups in total. The minimum absolute atomic E-state index is 0.121. The van der Waals surface area contributed by atoms with Crippen LogP contribution in [0.3, 0.4) is 0 Å². The minimum Gasteiger partial charge on any atom is -0.451 e. The summed E-state index contributed by atoms with van der Waals surface area (Å²) in [5.41, 5.74) is 2.74. The Labute approximate surface area is 152 Å². The standard InChI is InChI=1S/C19H21N3O4/c1-13-7-6-8-14(2)18(13)21-16(23)11-22(3)17(24)12-26-19(25)15-9-4-5-10-20-15/h4-10H,11-12H2,1-3H3,(H,21,23). The second kappa shape index (κ2) is 8.75. The van der Waals surface area contributed by atoms with E-state index in [9.17, 15) is 14.4 Å². The number of aromatic nitrogens is 1. The van der Waals surface area contributed by atoms with E-state index in [2.05, 4.69) is 10.3 Å². The first-order valence-corrected chi connectivity index (χ1v) is 8.06. The monoisotopic (exact) mass is 355 g/mol. The average molecular weight is 355 g/mol. The van der Waals surface area contributed by atoms with Gasteiger partial charge in [-0.3, -0.25) is 9.59 Å². The molecule has 136 valence electrons. The van der Waals surface area contributed by atoms with E-state index < -0.39 is 18.5 Å². The van der Waals surface area contributed by atoms with Crippen molar-refractivity contribution < 1.29 is 19.1 Å². The van der Waals surface area contributed by atoms with E-state index in [1.165, 1.54) is 24.2 Å². The first kappa shape index (κ1) is 19.1. The van der Waals surface area contributed by atoms with Gasteiger partial charge in [-0.05, 0) is 37.1 Å². The van der Waals surface area contributed by atoms with Gasteiger partial charge in [0.05, 0.1) is 6.54 Å². The zero-order chi connectivity index (χ0) is 19.1. The number of carbonyl (C=O) groups excluding carboxylic acids is 3. The van der Waals surface area contributed by atoms with Crippen molar-refractivity contribution in [3.8, 4) is 0 Å². The first-order chi connectivity index (χ1) is 12.4. The summed E-state index contributed by atoms with van der Waals surface area (Å²) < 4.78 is 4.92. The van der Waals surface area contributed by atoms with Crippen LogP contribution in [0.25, 0.3) is 0 Å². The highest BCUT2D eigenvalue weighted by Crippen LogP contribution is 2.19. The van der Waals surface area contributed by atoms with Gasteiger partial charge < -0.3 is 15.0 Å². The van der Waals surface area contributed by atoms with Gasteiger partial charge in [-0.1, -0.05) is 24.3 Å². The highest BCUT2D eigenvalue weighted by Gasteiger charge is 2.17. The minimum atomic E-state index is -0.688. The van der Waals surface area contributed by atoms with Crippen LogP contribution < -0.4 is 5.32 Å². The van der Waals surface area contributed by atoms with Gasteiger partial charge >= 0.3 is 5.97 Å². The summed E-state index contributed by atoms with van der Waals surface area (Å²) in [5.74, 6) is -1.49. The number of hydrogen-bond acceptors (Lipinski definition) is 5. The molecular formula is C19H21N3O4. The van der Waals surface area contributed by atoms with Crippen molar-refractivity contribution in [3.63, 3.8) is 0 Å². The van der Waals surface area contributed by atoms with Gasteiger partial charge in [0.15, 0.2) is 6.61 Å². The third-order valence-electron chi connectivity index (χ3n) is 3.75. The van der Waals surface area contributed by atoms with Gasteiger partial charge in [0.1, 0.15) is 5.69 Å². The Hall–Kier alpha value is -3.22. The van der Waals surface area contributed by atoms with Gasteiger partial charge in [0.2, 0.25) is 5.91 Å². The molecule has 1 heterocycles. The smallest absolute Gasteiger partial charge is 0.357 e. The lowest BCUT2D eigenvalue weighted by Gasteiger charge is -2.18. The lowest BCUT2D eigenvalue weighted by Crippen LogP contribution is -2.37. The van der Waals surface area contributed by atoms with E-state index >= 15 is 0 Å². The van der Waals surface area contributed by atoms with Crippen LogP contribution in [-0.4, -0.2) is 47.9 Å². The van der Waals surface area contributed by atoms with Gasteiger partial charge in [-0.25, -0.2) is 9.78 Å². The fraction of sp³-hybridized carbons (Fsp3) is 0.263. The largest absolute Gasteiger partial charge is 0.451 e. The number of amides is 2. The molecule has 0 aliphatic rings. The number of likely N-dealkylation sites (N-methyl/N-ethyl adjacent to an activating group) is 1. The molecule has 0 aliphatic carbocycles. The van der Waals surface area contributed by atoms with Crippen LogP contribution in [-0.2, 0) is 14.3 Å². The number of benzene rings is 1.